The molecule has 4 heterocycles. The highest BCUT2D eigenvalue weighted by atomic mass is 16.5. The first-order valence-corrected chi connectivity index (χ1v) is 22.4. The van der Waals surface area contributed by atoms with E-state index in [2.05, 4.69) is 103 Å². The fourth-order valence-electron chi connectivity index (χ4n) is 8.40. The molecule has 0 spiro atoms. The summed E-state index contributed by atoms with van der Waals surface area (Å²) in [5.41, 5.74) is 10.9. The molecule has 12 nitrogen and oxygen atoms in total. The van der Waals surface area contributed by atoms with Gasteiger partial charge in [0.25, 0.3) is 0 Å². The summed E-state index contributed by atoms with van der Waals surface area (Å²) in [4.78, 5) is 33.8. The summed E-state index contributed by atoms with van der Waals surface area (Å²) in [5, 5.41) is 11.8. The van der Waals surface area contributed by atoms with E-state index in [1.54, 1.807) is 24.3 Å². The minimum Gasteiger partial charge on any atom is -0.465 e. The number of unbranched alkanes of at least 4 members (excludes halogenated alkanes) is 1. The van der Waals surface area contributed by atoms with Gasteiger partial charge in [-0.25, -0.2) is 19.6 Å². The third-order valence-electron chi connectivity index (χ3n) is 11.6. The topological polar surface area (TPSA) is 124 Å². The number of rotatable bonds is 13. The first kappa shape index (κ1) is 43.4. The molecule has 0 aliphatic heterocycles. The number of fused-ring (bicyclic) bond motifs is 4. The maximum absolute atomic E-state index is 12.0. The first-order valence-electron chi connectivity index (χ1n) is 22.4. The van der Waals surface area contributed by atoms with E-state index in [0.29, 0.717) is 17.0 Å². The number of hydrogen-bond acceptors (Lipinski definition) is 8. The minimum atomic E-state index is -0.359. The molecule has 10 aromatic rings. The fraction of sp³-hybridized carbons (Fsp3) is 0.222. The lowest BCUT2D eigenvalue weighted by Crippen LogP contribution is -2.06. The van der Waals surface area contributed by atoms with Crippen LogP contribution in [0.25, 0.3) is 66.6 Å². The normalized spacial score (nSPS) is 11.4. The number of carbonyl (C=O) groups is 2. The molecule has 0 N–H and O–H groups in total. The number of aromatic nitrogens is 8. The molecular weight excluding hydrogens is 825 g/mol. The van der Waals surface area contributed by atoms with Crippen LogP contribution in [0, 0.1) is 5.92 Å². The van der Waals surface area contributed by atoms with Crippen molar-refractivity contribution in [3.63, 3.8) is 0 Å². The van der Waals surface area contributed by atoms with Gasteiger partial charge in [-0.15, -0.1) is 0 Å². The average molecular weight is 877 g/mol. The standard InChI is InChI=1S/2C27H26N4O2/c1-18(2)15-31-25-12-11-21(27(32)33-3)14-24(25)28-26(31)20-9-10-22-17-30(29-23(22)13-20)16-19-7-5-4-6-8-19;1-3-4-14-31-25-13-12-21(27(32)33-2)16-24(25)28-26(31)20-10-11-22-18-30(29-23(22)15-20)17-19-8-6-5-7-9-19/h4-14,17-18H,15-16H2,1-3H3;5-13,15-16,18H,3-4,14,17H2,1-2H3. The maximum Gasteiger partial charge on any atom is 0.337 e. The summed E-state index contributed by atoms with van der Waals surface area (Å²) < 4.78 is 18.2. The number of aryl methyl sites for hydroxylation is 1. The van der Waals surface area contributed by atoms with Gasteiger partial charge in [0.05, 0.1) is 71.5 Å². The smallest absolute Gasteiger partial charge is 0.337 e. The Labute approximate surface area is 383 Å². The summed E-state index contributed by atoms with van der Waals surface area (Å²) >= 11 is 0. The van der Waals surface area contributed by atoms with Crippen molar-refractivity contribution in [2.75, 3.05) is 14.2 Å². The lowest BCUT2D eigenvalue weighted by Gasteiger charge is -2.12. The van der Waals surface area contributed by atoms with E-state index < -0.39 is 0 Å². The first-order chi connectivity index (χ1) is 32.2. The number of imidazole rings is 2. The van der Waals surface area contributed by atoms with Crippen LogP contribution >= 0.6 is 0 Å². The molecule has 0 saturated heterocycles. The van der Waals surface area contributed by atoms with Crippen molar-refractivity contribution < 1.29 is 19.1 Å². The van der Waals surface area contributed by atoms with Crippen molar-refractivity contribution in [1.29, 1.82) is 0 Å². The molecule has 332 valence electrons. The van der Waals surface area contributed by atoms with Crippen molar-refractivity contribution in [1.82, 2.24) is 38.7 Å². The van der Waals surface area contributed by atoms with Crippen molar-refractivity contribution in [2.24, 2.45) is 5.92 Å². The molecule has 66 heavy (non-hydrogen) atoms. The Balaban J connectivity index is 0.000000166. The second-order valence-electron chi connectivity index (χ2n) is 16.9. The van der Waals surface area contributed by atoms with Gasteiger partial charge in [0.2, 0.25) is 0 Å². The van der Waals surface area contributed by atoms with Crippen molar-refractivity contribution in [3.05, 3.63) is 168 Å². The molecule has 10 rings (SSSR count). The lowest BCUT2D eigenvalue weighted by molar-refractivity contribution is 0.0592. The lowest BCUT2D eigenvalue weighted by atomic mass is 10.1. The molecule has 0 aliphatic rings. The van der Waals surface area contributed by atoms with Crippen LogP contribution in [0.5, 0.6) is 0 Å². The Morgan fingerprint density at radius 2 is 1.03 bits per heavy atom. The van der Waals surface area contributed by atoms with Gasteiger partial charge in [-0.2, -0.15) is 10.2 Å². The molecule has 6 aromatic carbocycles. The van der Waals surface area contributed by atoms with E-state index in [9.17, 15) is 9.59 Å². The van der Waals surface area contributed by atoms with Crippen LogP contribution in [-0.2, 0) is 35.7 Å². The number of hydrogen-bond donors (Lipinski definition) is 0. The van der Waals surface area contributed by atoms with Crippen LogP contribution in [0.15, 0.2) is 146 Å². The number of benzene rings is 6. The van der Waals surface area contributed by atoms with E-state index >= 15 is 0 Å². The monoisotopic (exact) mass is 876 g/mol. The largest absolute Gasteiger partial charge is 0.465 e. The van der Waals surface area contributed by atoms with Crippen LogP contribution < -0.4 is 0 Å². The Morgan fingerprint density at radius 3 is 1.48 bits per heavy atom. The van der Waals surface area contributed by atoms with E-state index in [1.807, 2.05) is 57.9 Å². The van der Waals surface area contributed by atoms with Crippen LogP contribution in [0.2, 0.25) is 0 Å². The molecule has 0 saturated carbocycles. The Hall–Kier alpha value is -7.86. The van der Waals surface area contributed by atoms with Gasteiger partial charge in [0, 0.05) is 47.4 Å². The van der Waals surface area contributed by atoms with E-state index in [-0.39, 0.29) is 11.9 Å². The third kappa shape index (κ3) is 9.21. The number of carbonyl (C=O) groups excluding carboxylic acids is 2. The van der Waals surface area contributed by atoms with Gasteiger partial charge in [0.15, 0.2) is 0 Å². The number of esters is 2. The predicted octanol–water partition coefficient (Wildman–Crippen LogP) is 11.2. The van der Waals surface area contributed by atoms with Crippen LogP contribution in [0.1, 0.15) is 65.5 Å². The van der Waals surface area contributed by atoms with Crippen molar-refractivity contribution in [2.45, 2.75) is 59.8 Å². The Morgan fingerprint density at radius 1 is 0.561 bits per heavy atom. The maximum atomic E-state index is 12.0. The molecule has 0 amide bonds. The van der Waals surface area contributed by atoms with Gasteiger partial charge >= 0.3 is 11.9 Å². The van der Waals surface area contributed by atoms with E-state index in [4.69, 9.17) is 29.6 Å². The zero-order chi connectivity index (χ0) is 45.7. The summed E-state index contributed by atoms with van der Waals surface area (Å²) in [7, 11) is 2.78. The number of methoxy groups -OCH3 is 2. The van der Waals surface area contributed by atoms with E-state index in [1.165, 1.54) is 25.3 Å². The highest BCUT2D eigenvalue weighted by molar-refractivity contribution is 5.96. The molecule has 12 heteroatoms. The molecule has 0 atom stereocenters. The van der Waals surface area contributed by atoms with Gasteiger partial charge < -0.3 is 18.6 Å². The SMILES string of the molecule is CCCCn1c(-c2ccc3cn(Cc4ccccc4)nc3c2)nc2cc(C(=O)OC)ccc21.COC(=O)c1ccc2c(c1)nc(-c1ccc3cn(Cc4ccccc4)nc3c1)n2CC(C)C. The average Bonchev–Trinajstić information content (AvgIpc) is 4.12. The van der Waals surface area contributed by atoms with Crippen LogP contribution in [0.4, 0.5) is 0 Å². The molecule has 0 aliphatic carbocycles. The fourth-order valence-corrected chi connectivity index (χ4v) is 8.40. The minimum absolute atomic E-state index is 0.355. The quantitative estimate of drug-likeness (QED) is 0.105. The van der Waals surface area contributed by atoms with E-state index in [0.717, 1.165) is 106 Å². The summed E-state index contributed by atoms with van der Waals surface area (Å²) in [6.07, 6.45) is 6.29. The second-order valence-corrected chi connectivity index (χ2v) is 16.9. The zero-order valence-corrected chi connectivity index (χ0v) is 37.9. The number of nitrogens with zero attached hydrogens (tertiary/aromatic N) is 8. The highest BCUT2D eigenvalue weighted by Crippen LogP contribution is 2.31. The molecule has 0 unspecified atom stereocenters. The molecule has 4 aromatic heterocycles. The van der Waals surface area contributed by atoms with Gasteiger partial charge in [-0.3, -0.25) is 9.36 Å². The van der Waals surface area contributed by atoms with Crippen molar-refractivity contribution in [3.8, 4) is 22.8 Å². The van der Waals surface area contributed by atoms with Gasteiger partial charge in [-0.05, 0) is 72.0 Å². The Bertz CT molecular complexity index is 3330. The summed E-state index contributed by atoms with van der Waals surface area (Å²) in [6.45, 7) is 9.70. The molecule has 0 bridgehead atoms. The van der Waals surface area contributed by atoms with Gasteiger partial charge in [0.1, 0.15) is 11.6 Å². The van der Waals surface area contributed by atoms with Gasteiger partial charge in [-0.1, -0.05) is 112 Å². The molecule has 0 fully saturated rings. The van der Waals surface area contributed by atoms with Crippen LogP contribution in [-0.4, -0.2) is 64.8 Å². The summed E-state index contributed by atoms with van der Waals surface area (Å²) in [5.74, 6) is 1.49. The molecule has 0 radical (unpaired) electrons. The number of ether oxygens (including phenoxy) is 2. The summed E-state index contributed by atoms with van der Waals surface area (Å²) in [6, 6.07) is 44.3. The zero-order valence-electron chi connectivity index (χ0n) is 37.9. The molecular formula is C54H52N8O4. The Kier molecular flexibility index (Phi) is 12.5. The second kappa shape index (κ2) is 19.1. The van der Waals surface area contributed by atoms with Crippen LogP contribution in [0.3, 0.4) is 0 Å². The third-order valence-corrected chi connectivity index (χ3v) is 11.6. The predicted molar refractivity (Wildman–Crippen MR) is 260 cm³/mol. The van der Waals surface area contributed by atoms with Crippen molar-refractivity contribution >= 4 is 55.8 Å². The highest BCUT2D eigenvalue weighted by Gasteiger charge is 2.19.